The first-order valence-corrected chi connectivity index (χ1v) is 9.45. The molecule has 5 nitrogen and oxygen atoms in total. The van der Waals surface area contributed by atoms with Gasteiger partial charge in [0.2, 0.25) is 5.95 Å². The lowest BCUT2D eigenvalue weighted by Gasteiger charge is -2.22. The van der Waals surface area contributed by atoms with Crippen LogP contribution in [0.2, 0.25) is 5.02 Å². The summed E-state index contributed by atoms with van der Waals surface area (Å²) in [5, 5.41) is 7.21. The average molecular weight is 382 g/mol. The minimum atomic E-state index is 0.514. The van der Waals surface area contributed by atoms with Gasteiger partial charge in [-0.2, -0.15) is 4.98 Å². The Morgan fingerprint density at radius 3 is 2.52 bits per heavy atom. The van der Waals surface area contributed by atoms with E-state index in [-0.39, 0.29) is 0 Å². The molecule has 1 aromatic heterocycles. The number of anilines is 5. The summed E-state index contributed by atoms with van der Waals surface area (Å²) < 4.78 is 0. The maximum Gasteiger partial charge on any atom is 0.229 e. The fraction of sp³-hybridized carbons (Fsp3) is 0.238. The first-order valence-electron chi connectivity index (χ1n) is 9.07. The summed E-state index contributed by atoms with van der Waals surface area (Å²) in [6, 6.07) is 15.7. The highest BCUT2D eigenvalue weighted by atomic mass is 35.5. The zero-order valence-electron chi connectivity index (χ0n) is 15.8. The third-order valence-corrected chi connectivity index (χ3v) is 4.57. The summed E-state index contributed by atoms with van der Waals surface area (Å²) in [6.45, 7) is 8.42. The second-order valence-electron chi connectivity index (χ2n) is 6.20. The summed E-state index contributed by atoms with van der Waals surface area (Å²) >= 11 is 6.03. The van der Waals surface area contributed by atoms with Gasteiger partial charge in [-0.05, 0) is 68.8 Å². The van der Waals surface area contributed by atoms with Gasteiger partial charge in [0.05, 0.1) is 0 Å². The number of aryl methyl sites for hydroxylation is 1. The Balaban J connectivity index is 1.76. The molecule has 3 rings (SSSR count). The molecule has 3 aromatic rings. The molecule has 0 aliphatic carbocycles. The van der Waals surface area contributed by atoms with E-state index >= 15 is 0 Å². The molecule has 0 aliphatic rings. The smallest absolute Gasteiger partial charge is 0.229 e. The molecular formula is C21H24ClN5. The molecule has 0 saturated heterocycles. The SMILES string of the molecule is CCN(CC)c1ccc(Nc2ccnc(Nc3cccc(Cl)c3)n2)c(C)c1. The van der Waals surface area contributed by atoms with Gasteiger partial charge < -0.3 is 15.5 Å². The Morgan fingerprint density at radius 2 is 1.81 bits per heavy atom. The Kier molecular flexibility index (Phi) is 6.14. The van der Waals surface area contributed by atoms with Crippen LogP contribution >= 0.6 is 11.6 Å². The molecule has 27 heavy (non-hydrogen) atoms. The third-order valence-electron chi connectivity index (χ3n) is 4.34. The second-order valence-corrected chi connectivity index (χ2v) is 6.63. The molecule has 0 amide bonds. The van der Waals surface area contributed by atoms with E-state index in [1.54, 1.807) is 6.20 Å². The Hall–Kier alpha value is -2.79. The van der Waals surface area contributed by atoms with Crippen LogP contribution in [0.25, 0.3) is 0 Å². The highest BCUT2D eigenvalue weighted by molar-refractivity contribution is 6.30. The van der Waals surface area contributed by atoms with Gasteiger partial charge in [0, 0.05) is 41.4 Å². The molecule has 0 spiro atoms. The highest BCUT2D eigenvalue weighted by Gasteiger charge is 2.07. The van der Waals surface area contributed by atoms with Crippen LogP contribution < -0.4 is 15.5 Å². The van der Waals surface area contributed by atoms with Crippen LogP contribution in [0, 0.1) is 6.92 Å². The molecule has 0 aliphatic heterocycles. The van der Waals surface area contributed by atoms with Crippen molar-refractivity contribution in [3.05, 3.63) is 65.3 Å². The van der Waals surface area contributed by atoms with Crippen molar-refractivity contribution in [2.75, 3.05) is 28.6 Å². The van der Waals surface area contributed by atoms with E-state index in [0.29, 0.717) is 11.0 Å². The van der Waals surface area contributed by atoms with E-state index in [4.69, 9.17) is 11.6 Å². The number of hydrogen-bond acceptors (Lipinski definition) is 5. The van der Waals surface area contributed by atoms with E-state index in [0.717, 1.165) is 30.3 Å². The fourth-order valence-electron chi connectivity index (χ4n) is 2.90. The van der Waals surface area contributed by atoms with E-state index in [1.807, 2.05) is 30.3 Å². The van der Waals surface area contributed by atoms with Crippen LogP contribution in [0.1, 0.15) is 19.4 Å². The monoisotopic (exact) mass is 381 g/mol. The van der Waals surface area contributed by atoms with Crippen LogP contribution in [0.3, 0.4) is 0 Å². The summed E-state index contributed by atoms with van der Waals surface area (Å²) in [5.74, 6) is 1.24. The van der Waals surface area contributed by atoms with Crippen molar-refractivity contribution in [2.45, 2.75) is 20.8 Å². The number of aromatic nitrogens is 2. The maximum atomic E-state index is 6.03. The van der Waals surface area contributed by atoms with Gasteiger partial charge in [-0.3, -0.25) is 0 Å². The molecule has 0 saturated carbocycles. The Bertz CT molecular complexity index is 909. The van der Waals surface area contributed by atoms with Crippen molar-refractivity contribution >= 4 is 40.4 Å². The summed E-state index contributed by atoms with van der Waals surface area (Å²) in [6.07, 6.45) is 1.72. The molecular weight excluding hydrogens is 358 g/mol. The molecule has 0 unspecified atom stereocenters. The van der Waals surface area contributed by atoms with Gasteiger partial charge in [-0.25, -0.2) is 4.98 Å². The number of rotatable bonds is 7. The van der Waals surface area contributed by atoms with Gasteiger partial charge in [-0.1, -0.05) is 17.7 Å². The van der Waals surface area contributed by atoms with Crippen molar-refractivity contribution in [3.63, 3.8) is 0 Å². The predicted octanol–water partition coefficient (Wildman–Crippen LogP) is 5.77. The van der Waals surface area contributed by atoms with E-state index < -0.39 is 0 Å². The lowest BCUT2D eigenvalue weighted by molar-refractivity contribution is 0.866. The quantitative estimate of drug-likeness (QED) is 0.544. The molecule has 6 heteroatoms. The lowest BCUT2D eigenvalue weighted by atomic mass is 10.1. The van der Waals surface area contributed by atoms with E-state index in [1.165, 1.54) is 11.3 Å². The third kappa shape index (κ3) is 4.89. The van der Waals surface area contributed by atoms with Crippen LogP contribution in [-0.2, 0) is 0 Å². The molecule has 0 radical (unpaired) electrons. The van der Waals surface area contributed by atoms with Crippen molar-refractivity contribution in [1.82, 2.24) is 9.97 Å². The number of halogens is 1. The topological polar surface area (TPSA) is 53.1 Å². The van der Waals surface area contributed by atoms with Crippen molar-refractivity contribution in [1.29, 1.82) is 0 Å². The Labute approximate surface area is 165 Å². The molecule has 2 aromatic carbocycles. The Morgan fingerprint density at radius 1 is 1.00 bits per heavy atom. The standard InChI is InChI=1S/C21H24ClN5/c1-4-27(5-2)18-9-10-19(15(3)13-18)25-20-11-12-23-21(26-20)24-17-8-6-7-16(22)14-17/h6-14H,4-5H2,1-3H3,(H2,23,24,25,26). The first-order chi connectivity index (χ1) is 13.1. The molecule has 1 heterocycles. The first kappa shape index (κ1) is 19.0. The number of nitrogens with zero attached hydrogens (tertiary/aromatic N) is 3. The second kappa shape index (κ2) is 8.73. The minimum absolute atomic E-state index is 0.514. The summed E-state index contributed by atoms with van der Waals surface area (Å²) in [4.78, 5) is 11.1. The number of nitrogens with one attached hydrogen (secondary N) is 2. The fourth-order valence-corrected chi connectivity index (χ4v) is 3.09. The van der Waals surface area contributed by atoms with Crippen LogP contribution in [0.5, 0.6) is 0 Å². The molecule has 0 atom stereocenters. The van der Waals surface area contributed by atoms with Gasteiger partial charge in [0.25, 0.3) is 0 Å². The lowest BCUT2D eigenvalue weighted by Crippen LogP contribution is -2.21. The van der Waals surface area contributed by atoms with Gasteiger partial charge in [0.1, 0.15) is 5.82 Å². The predicted molar refractivity (Wildman–Crippen MR) is 115 cm³/mol. The van der Waals surface area contributed by atoms with E-state index in [9.17, 15) is 0 Å². The van der Waals surface area contributed by atoms with Crippen LogP contribution in [0.4, 0.5) is 28.8 Å². The van der Waals surface area contributed by atoms with Gasteiger partial charge in [-0.15, -0.1) is 0 Å². The highest BCUT2D eigenvalue weighted by Crippen LogP contribution is 2.25. The summed E-state index contributed by atoms with van der Waals surface area (Å²) in [7, 11) is 0. The van der Waals surface area contributed by atoms with Crippen molar-refractivity contribution in [2.24, 2.45) is 0 Å². The molecule has 0 bridgehead atoms. The normalized spacial score (nSPS) is 10.5. The molecule has 2 N–H and O–H groups in total. The zero-order chi connectivity index (χ0) is 19.2. The minimum Gasteiger partial charge on any atom is -0.372 e. The molecule has 140 valence electrons. The number of hydrogen-bond donors (Lipinski definition) is 2. The van der Waals surface area contributed by atoms with Gasteiger partial charge >= 0.3 is 0 Å². The number of benzene rings is 2. The van der Waals surface area contributed by atoms with E-state index in [2.05, 4.69) is 64.5 Å². The van der Waals surface area contributed by atoms with Crippen LogP contribution in [0.15, 0.2) is 54.7 Å². The van der Waals surface area contributed by atoms with Crippen molar-refractivity contribution in [3.8, 4) is 0 Å². The van der Waals surface area contributed by atoms with Crippen molar-refractivity contribution < 1.29 is 0 Å². The maximum absolute atomic E-state index is 6.03. The zero-order valence-corrected chi connectivity index (χ0v) is 16.6. The van der Waals surface area contributed by atoms with Gasteiger partial charge in [0.15, 0.2) is 0 Å². The summed E-state index contributed by atoms with van der Waals surface area (Å²) in [5.41, 5.74) is 4.27. The van der Waals surface area contributed by atoms with Crippen LogP contribution in [-0.4, -0.2) is 23.1 Å². The average Bonchev–Trinajstić information content (AvgIpc) is 2.65. The largest absolute Gasteiger partial charge is 0.372 e. The molecule has 0 fully saturated rings.